The molecule has 4 heteroatoms. The molecule has 0 aromatic heterocycles. The van der Waals surface area contributed by atoms with Crippen LogP contribution in [0.5, 0.6) is 0 Å². The van der Waals surface area contributed by atoms with Gasteiger partial charge in [-0.05, 0) is 0 Å². The molecular formula is C8H14N2OSi. The monoisotopic (exact) mass is 182 g/mol. The van der Waals surface area contributed by atoms with Crippen LogP contribution < -0.4 is 11.1 Å². The molecule has 0 radical (unpaired) electrons. The number of rotatable bonds is 0. The highest BCUT2D eigenvalue weighted by Crippen LogP contribution is 2.03. The molecule has 0 aromatic rings. The maximum Gasteiger partial charge on any atom is 0.241 e. The molecule has 0 aliphatic carbocycles. The SMILES string of the molecule is C[Si](C)(C)C#CC1NC(=O)C1N. The van der Waals surface area contributed by atoms with Crippen molar-refractivity contribution in [1.29, 1.82) is 0 Å². The Balaban J connectivity index is 2.52. The highest BCUT2D eigenvalue weighted by Gasteiger charge is 2.34. The molecule has 2 atom stereocenters. The second-order valence-electron chi connectivity index (χ2n) is 4.03. The van der Waals surface area contributed by atoms with Crippen molar-refractivity contribution in [2.45, 2.75) is 31.7 Å². The molecule has 1 aliphatic heterocycles. The third-order valence-electron chi connectivity index (χ3n) is 1.56. The summed E-state index contributed by atoms with van der Waals surface area (Å²) in [6, 6.07) is -0.516. The molecule has 12 heavy (non-hydrogen) atoms. The minimum Gasteiger partial charge on any atom is -0.339 e. The van der Waals surface area contributed by atoms with Gasteiger partial charge < -0.3 is 11.1 Å². The van der Waals surface area contributed by atoms with Crippen LogP contribution in [0.15, 0.2) is 0 Å². The summed E-state index contributed by atoms with van der Waals surface area (Å²) in [5.41, 5.74) is 8.67. The number of amides is 1. The van der Waals surface area contributed by atoms with Crippen LogP contribution in [0.3, 0.4) is 0 Å². The number of nitrogens with two attached hydrogens (primary N) is 1. The van der Waals surface area contributed by atoms with Gasteiger partial charge >= 0.3 is 0 Å². The highest BCUT2D eigenvalue weighted by atomic mass is 28.3. The van der Waals surface area contributed by atoms with Gasteiger partial charge in [0.15, 0.2) is 0 Å². The van der Waals surface area contributed by atoms with Crippen molar-refractivity contribution in [2.75, 3.05) is 0 Å². The van der Waals surface area contributed by atoms with E-state index in [0.29, 0.717) is 0 Å². The molecule has 1 aliphatic rings. The zero-order valence-corrected chi connectivity index (χ0v) is 8.64. The van der Waals surface area contributed by atoms with Gasteiger partial charge in [-0.2, -0.15) is 0 Å². The van der Waals surface area contributed by atoms with E-state index >= 15 is 0 Å². The fraction of sp³-hybridized carbons (Fsp3) is 0.625. The molecule has 0 spiro atoms. The fourth-order valence-electron chi connectivity index (χ4n) is 0.815. The zero-order valence-electron chi connectivity index (χ0n) is 7.64. The van der Waals surface area contributed by atoms with Crippen molar-refractivity contribution in [2.24, 2.45) is 5.73 Å². The van der Waals surface area contributed by atoms with E-state index in [1.54, 1.807) is 0 Å². The van der Waals surface area contributed by atoms with Gasteiger partial charge in [0.05, 0.1) is 0 Å². The molecular weight excluding hydrogens is 168 g/mol. The van der Waals surface area contributed by atoms with Gasteiger partial charge in [0.1, 0.15) is 20.2 Å². The van der Waals surface area contributed by atoms with E-state index < -0.39 is 14.1 Å². The summed E-state index contributed by atoms with van der Waals surface area (Å²) in [6.45, 7) is 6.48. The van der Waals surface area contributed by atoms with Crippen molar-refractivity contribution in [3.05, 3.63) is 0 Å². The second kappa shape index (κ2) is 2.92. The molecule has 0 saturated carbocycles. The molecule has 3 N–H and O–H groups in total. The van der Waals surface area contributed by atoms with Crippen molar-refractivity contribution in [1.82, 2.24) is 5.32 Å². The normalized spacial score (nSPS) is 28.2. The lowest BCUT2D eigenvalue weighted by atomic mass is 10.0. The largest absolute Gasteiger partial charge is 0.339 e. The molecule has 1 fully saturated rings. The lowest BCUT2D eigenvalue weighted by Gasteiger charge is -2.29. The van der Waals surface area contributed by atoms with Gasteiger partial charge in [0.25, 0.3) is 0 Å². The number of β-lactam (4-membered cyclic amide) rings is 1. The fourth-order valence-corrected chi connectivity index (χ4v) is 1.40. The van der Waals surface area contributed by atoms with E-state index in [4.69, 9.17) is 5.73 Å². The molecule has 1 amide bonds. The van der Waals surface area contributed by atoms with Crippen LogP contribution >= 0.6 is 0 Å². The molecule has 66 valence electrons. The first-order chi connectivity index (χ1) is 5.40. The van der Waals surface area contributed by atoms with Gasteiger partial charge in [-0.25, -0.2) is 0 Å². The van der Waals surface area contributed by atoms with Gasteiger partial charge in [-0.3, -0.25) is 4.79 Å². The lowest BCUT2D eigenvalue weighted by Crippen LogP contribution is -2.66. The number of carbonyl (C=O) groups is 1. The maximum absolute atomic E-state index is 10.7. The summed E-state index contributed by atoms with van der Waals surface area (Å²) in [6.07, 6.45) is 0. The van der Waals surface area contributed by atoms with Crippen LogP contribution in [0.2, 0.25) is 19.6 Å². The predicted molar refractivity (Wildman–Crippen MR) is 51.0 cm³/mol. The van der Waals surface area contributed by atoms with Crippen LogP contribution in [-0.4, -0.2) is 26.1 Å². The smallest absolute Gasteiger partial charge is 0.241 e. The summed E-state index contributed by atoms with van der Waals surface area (Å²) in [5.74, 6) is 2.90. The minimum absolute atomic E-state index is 0.0927. The van der Waals surface area contributed by atoms with E-state index in [9.17, 15) is 4.79 Å². The van der Waals surface area contributed by atoms with Gasteiger partial charge in [0, 0.05) is 0 Å². The quantitative estimate of drug-likeness (QED) is 0.307. The van der Waals surface area contributed by atoms with E-state index in [-0.39, 0.29) is 11.9 Å². The summed E-state index contributed by atoms with van der Waals surface area (Å²) in [4.78, 5) is 10.7. The Kier molecular flexibility index (Phi) is 2.26. The Bertz CT molecular complexity index is 258. The Hall–Kier alpha value is -0.793. The van der Waals surface area contributed by atoms with Crippen molar-refractivity contribution in [3.8, 4) is 11.5 Å². The van der Waals surface area contributed by atoms with E-state index in [1.165, 1.54) is 0 Å². The zero-order chi connectivity index (χ0) is 9.35. The average Bonchev–Trinajstić information content (AvgIpc) is 1.95. The molecule has 3 nitrogen and oxygen atoms in total. The van der Waals surface area contributed by atoms with Crippen LogP contribution in [0.1, 0.15) is 0 Å². The molecule has 1 rings (SSSR count). The molecule has 1 saturated heterocycles. The summed E-state index contributed by atoms with van der Waals surface area (Å²) in [7, 11) is -1.32. The number of carbonyl (C=O) groups excluding carboxylic acids is 1. The van der Waals surface area contributed by atoms with Crippen molar-refractivity contribution >= 4 is 14.0 Å². The summed E-state index contributed by atoms with van der Waals surface area (Å²) < 4.78 is 0. The highest BCUT2D eigenvalue weighted by molar-refractivity contribution is 6.83. The Morgan fingerprint density at radius 2 is 2.08 bits per heavy atom. The van der Waals surface area contributed by atoms with E-state index in [0.717, 1.165) is 0 Å². The first-order valence-electron chi connectivity index (χ1n) is 3.99. The molecule has 0 aromatic carbocycles. The number of hydrogen-bond donors (Lipinski definition) is 2. The number of nitrogens with one attached hydrogen (secondary N) is 1. The maximum atomic E-state index is 10.7. The third kappa shape index (κ3) is 2.09. The third-order valence-corrected chi connectivity index (χ3v) is 2.46. The van der Waals surface area contributed by atoms with E-state index in [1.807, 2.05) is 0 Å². The summed E-state index contributed by atoms with van der Waals surface area (Å²) in [5, 5.41) is 2.65. The number of hydrogen-bond acceptors (Lipinski definition) is 2. The molecule has 1 heterocycles. The second-order valence-corrected chi connectivity index (χ2v) is 8.78. The standard InChI is InChI=1S/C8H14N2OSi/c1-12(2,3)5-4-6-7(9)8(11)10-6/h6-7H,9H2,1-3H3,(H,10,11). The van der Waals surface area contributed by atoms with Crippen molar-refractivity contribution in [3.63, 3.8) is 0 Å². The topological polar surface area (TPSA) is 55.1 Å². The Morgan fingerprint density at radius 1 is 1.50 bits per heavy atom. The van der Waals surface area contributed by atoms with Gasteiger partial charge in [-0.15, -0.1) is 5.54 Å². The molecule has 2 unspecified atom stereocenters. The van der Waals surface area contributed by atoms with Crippen molar-refractivity contribution < 1.29 is 4.79 Å². The van der Waals surface area contributed by atoms with Crippen LogP contribution in [0.25, 0.3) is 0 Å². The van der Waals surface area contributed by atoms with Crippen LogP contribution in [-0.2, 0) is 4.79 Å². The summed E-state index contributed by atoms with van der Waals surface area (Å²) >= 11 is 0. The van der Waals surface area contributed by atoms with Gasteiger partial charge in [-0.1, -0.05) is 25.6 Å². The average molecular weight is 182 g/mol. The van der Waals surface area contributed by atoms with Gasteiger partial charge in [0.2, 0.25) is 5.91 Å². The minimum atomic E-state index is -1.32. The van der Waals surface area contributed by atoms with E-state index in [2.05, 4.69) is 36.4 Å². The first kappa shape index (κ1) is 9.30. The first-order valence-corrected chi connectivity index (χ1v) is 7.49. The Morgan fingerprint density at radius 3 is 2.42 bits per heavy atom. The predicted octanol–water partition coefficient (Wildman–Crippen LogP) is -0.307. The molecule has 0 bridgehead atoms. The Labute approximate surface area is 73.7 Å². The van der Waals surface area contributed by atoms with Crippen LogP contribution in [0, 0.1) is 11.5 Å². The van der Waals surface area contributed by atoms with Crippen LogP contribution in [0.4, 0.5) is 0 Å². The lowest BCUT2D eigenvalue weighted by molar-refractivity contribution is -0.128.